The van der Waals surface area contributed by atoms with E-state index in [1.165, 1.54) is 85.8 Å². The van der Waals surface area contributed by atoms with Crippen LogP contribution in [0.3, 0.4) is 0 Å². The normalized spacial score (nSPS) is 10.0. The fraction of sp³-hybridized carbons (Fsp3) is 1.00. The predicted octanol–water partition coefficient (Wildman–Crippen LogP) is 3.70. The van der Waals surface area contributed by atoms with Gasteiger partial charge in [-0.25, -0.2) is 0 Å². The Hall–Kier alpha value is 1.35. The van der Waals surface area contributed by atoms with Crippen LogP contribution in [0, 0.1) is 38.8 Å². The molecule has 0 spiro atoms. The van der Waals surface area contributed by atoms with Gasteiger partial charge in [-0.05, 0) is 0 Å². The Morgan fingerprint density at radius 1 is 0.800 bits per heavy atom. The van der Waals surface area contributed by atoms with E-state index in [2.05, 4.69) is 6.92 Å². The number of hydrogen-bond acceptors (Lipinski definition) is 0. The van der Waals surface area contributed by atoms with Gasteiger partial charge in [0, 0.05) is 0 Å². The van der Waals surface area contributed by atoms with Gasteiger partial charge in [0.05, 0.1) is 0 Å². The van der Waals surface area contributed by atoms with Crippen molar-refractivity contribution < 1.29 is 38.8 Å². The first-order valence-corrected chi connectivity index (χ1v) is 6.83. The molecule has 0 nitrogen and oxygen atoms in total. The van der Waals surface area contributed by atoms with E-state index in [0.717, 1.165) is 0 Å². The van der Waals surface area contributed by atoms with Gasteiger partial charge in [0.2, 0.25) is 0 Å². The van der Waals surface area contributed by atoms with Crippen molar-refractivity contribution in [1.82, 2.24) is 0 Å². The van der Waals surface area contributed by atoms with E-state index in [1.54, 1.807) is 0 Å². The second kappa shape index (κ2) is 10.4. The summed E-state index contributed by atoms with van der Waals surface area (Å²) in [6.45, 7) is 2.28. The van der Waals surface area contributed by atoms with Crippen LogP contribution in [0.1, 0.15) is 51.9 Å². The van der Waals surface area contributed by atoms with Crippen LogP contribution in [0.4, 0.5) is 0 Å². The minimum absolute atomic E-state index is 1.38. The Morgan fingerprint density at radius 2 is 1.30 bits per heavy atom. The molecule has 0 amide bonds. The summed E-state index contributed by atoms with van der Waals surface area (Å²) in [6, 6.07) is 0. The summed E-state index contributed by atoms with van der Waals surface area (Å²) < 4.78 is 1.51. The van der Waals surface area contributed by atoms with Crippen molar-refractivity contribution in [2.75, 3.05) is 0 Å². The van der Waals surface area contributed by atoms with E-state index in [-0.39, 0.29) is 0 Å². The Morgan fingerprint density at radius 3 is 1.80 bits per heavy atom. The average Bonchev–Trinajstić information content (AvgIpc) is 1.97. The van der Waals surface area contributed by atoms with Crippen LogP contribution in [0.25, 0.3) is 0 Å². The van der Waals surface area contributed by atoms with Crippen molar-refractivity contribution in [1.29, 1.82) is 0 Å². The molecular formula is C9H19Nd. The Balaban J connectivity index is 2.65. The van der Waals surface area contributed by atoms with Gasteiger partial charge in [0.15, 0.2) is 0 Å². The van der Waals surface area contributed by atoms with E-state index in [4.69, 9.17) is 0 Å². The average molecular weight is 271 g/mol. The molecule has 0 saturated carbocycles. The third-order valence-corrected chi connectivity index (χ3v) is 2.91. The summed E-state index contributed by atoms with van der Waals surface area (Å²) in [4.78, 5) is 0. The zero-order valence-corrected chi connectivity index (χ0v) is 10.4. The zero-order chi connectivity index (χ0) is 7.66. The van der Waals surface area contributed by atoms with Crippen molar-refractivity contribution in [3.8, 4) is 0 Å². The molecule has 0 aliphatic heterocycles. The molecule has 0 aliphatic carbocycles. The molecule has 0 aromatic heterocycles. The molecular weight excluding hydrogens is 252 g/mol. The number of hydrogen-bond donors (Lipinski definition) is 0. The summed E-state index contributed by atoms with van der Waals surface area (Å²) >= 11 is 1.41. The molecule has 59 valence electrons. The van der Waals surface area contributed by atoms with Crippen molar-refractivity contribution in [2.45, 2.75) is 53.9 Å². The zero-order valence-electron chi connectivity index (χ0n) is 7.16. The van der Waals surface area contributed by atoms with Crippen LogP contribution in [0.15, 0.2) is 0 Å². The molecule has 0 heterocycles. The van der Waals surface area contributed by atoms with Crippen molar-refractivity contribution in [3.63, 3.8) is 0 Å². The second-order valence-electron chi connectivity index (χ2n) is 2.87. The Kier molecular flexibility index (Phi) is 11.7. The van der Waals surface area contributed by atoms with Gasteiger partial charge in [-0.1, -0.05) is 0 Å². The van der Waals surface area contributed by atoms with Crippen LogP contribution < -0.4 is 0 Å². The quantitative estimate of drug-likeness (QED) is 0.619. The van der Waals surface area contributed by atoms with Gasteiger partial charge < -0.3 is 0 Å². The first kappa shape index (κ1) is 11.4. The molecule has 0 saturated heterocycles. The van der Waals surface area contributed by atoms with Crippen LogP contribution >= 0.6 is 0 Å². The van der Waals surface area contributed by atoms with Crippen LogP contribution in [-0.2, 0) is 0 Å². The maximum atomic E-state index is 2.28. The van der Waals surface area contributed by atoms with Gasteiger partial charge in [-0.3, -0.25) is 0 Å². The fourth-order valence-electron chi connectivity index (χ4n) is 1.08. The molecule has 0 fully saturated rings. The molecule has 0 radical (unpaired) electrons. The maximum absolute atomic E-state index is 2.28. The molecule has 0 aromatic rings. The standard InChI is InChI=1S/C9H19.Nd/c1-3-5-7-9-8-6-4-2;/h1,3-9H2,2H3;. The van der Waals surface area contributed by atoms with Crippen LogP contribution in [0.5, 0.6) is 0 Å². The minimum atomic E-state index is 1.38. The Bertz CT molecular complexity index is 44.7. The van der Waals surface area contributed by atoms with Crippen LogP contribution in [0.2, 0.25) is 2.07 Å². The summed E-state index contributed by atoms with van der Waals surface area (Å²) in [5.74, 6) is 0. The predicted molar refractivity (Wildman–Crippen MR) is 42.8 cm³/mol. The van der Waals surface area contributed by atoms with Gasteiger partial charge in [-0.15, -0.1) is 0 Å². The molecule has 0 atom stereocenters. The molecule has 0 rings (SSSR count). The summed E-state index contributed by atoms with van der Waals surface area (Å²) in [7, 11) is 0. The van der Waals surface area contributed by atoms with Crippen molar-refractivity contribution in [3.05, 3.63) is 0 Å². The van der Waals surface area contributed by atoms with E-state index in [0.29, 0.717) is 0 Å². The summed E-state index contributed by atoms with van der Waals surface area (Å²) in [5.41, 5.74) is 0. The summed E-state index contributed by atoms with van der Waals surface area (Å²) in [5, 5.41) is 0. The van der Waals surface area contributed by atoms with E-state index < -0.39 is 0 Å². The number of rotatable bonds is 7. The van der Waals surface area contributed by atoms with E-state index >= 15 is 0 Å². The second-order valence-corrected chi connectivity index (χ2v) is 4.48. The molecule has 1 heteroatoms. The topological polar surface area (TPSA) is 0 Å². The Labute approximate surface area is 91.8 Å². The fourth-order valence-corrected chi connectivity index (χ4v) is 1.88. The van der Waals surface area contributed by atoms with Crippen molar-refractivity contribution >= 4 is 0 Å². The van der Waals surface area contributed by atoms with Crippen LogP contribution in [-0.4, -0.2) is 0 Å². The molecule has 0 unspecified atom stereocenters. The van der Waals surface area contributed by atoms with Gasteiger partial charge in [0.1, 0.15) is 0 Å². The van der Waals surface area contributed by atoms with Gasteiger partial charge in [0.25, 0.3) is 0 Å². The van der Waals surface area contributed by atoms with Gasteiger partial charge in [-0.2, -0.15) is 0 Å². The molecule has 10 heavy (non-hydrogen) atoms. The third kappa shape index (κ3) is 9.35. The van der Waals surface area contributed by atoms with Crippen molar-refractivity contribution in [2.24, 2.45) is 0 Å². The molecule has 0 N–H and O–H groups in total. The van der Waals surface area contributed by atoms with Gasteiger partial charge >= 0.3 is 92.7 Å². The molecule has 0 bridgehead atoms. The van der Waals surface area contributed by atoms with E-state index in [9.17, 15) is 0 Å². The molecule has 0 aromatic carbocycles. The molecule has 0 aliphatic rings. The van der Waals surface area contributed by atoms with E-state index in [1.807, 2.05) is 0 Å². The summed E-state index contributed by atoms with van der Waals surface area (Å²) in [6.07, 6.45) is 10.3. The first-order chi connectivity index (χ1) is 4.91. The SMILES string of the molecule is CCCCCCCC[CH2][Nd]. The first-order valence-electron chi connectivity index (χ1n) is 4.56. The third-order valence-electron chi connectivity index (χ3n) is 1.78. The monoisotopic (exact) mass is 269 g/mol. The number of unbranched alkanes of at least 4 members (excludes halogenated alkanes) is 6.